The molecule has 0 radical (unpaired) electrons. The summed E-state index contributed by atoms with van der Waals surface area (Å²) in [5.41, 5.74) is -0.411. The number of carbonyl (C=O) groups excluding carboxylic acids is 2. The molecule has 84 valence electrons. The van der Waals surface area contributed by atoms with Gasteiger partial charge in [0.25, 0.3) is 0 Å². The predicted molar refractivity (Wildman–Crippen MR) is 57.0 cm³/mol. The first kappa shape index (κ1) is 10.7. The molecule has 2 unspecified atom stereocenters. The molecule has 0 N–H and O–H groups in total. The maximum absolute atomic E-state index is 12.1. The van der Waals surface area contributed by atoms with Crippen LogP contribution in [0.3, 0.4) is 0 Å². The zero-order valence-corrected chi connectivity index (χ0v) is 10.1. The van der Waals surface area contributed by atoms with Crippen LogP contribution in [-0.4, -0.2) is 22.3 Å². The van der Waals surface area contributed by atoms with E-state index in [9.17, 15) is 9.59 Å². The molecular weight excluding hydrogens is 190 g/mol. The van der Waals surface area contributed by atoms with E-state index in [1.165, 1.54) is 4.90 Å². The Hall–Kier alpha value is -0.860. The Kier molecular flexibility index (Phi) is 1.87. The number of likely N-dealkylation sites (tertiary alicyclic amines) is 1. The van der Waals surface area contributed by atoms with Crippen molar-refractivity contribution in [2.45, 2.75) is 46.6 Å². The molecule has 2 fully saturated rings. The van der Waals surface area contributed by atoms with Gasteiger partial charge in [-0.3, -0.25) is 14.5 Å². The van der Waals surface area contributed by atoms with Gasteiger partial charge in [0.15, 0.2) is 0 Å². The fourth-order valence-corrected chi connectivity index (χ4v) is 2.70. The van der Waals surface area contributed by atoms with Crippen LogP contribution in [0.25, 0.3) is 0 Å². The van der Waals surface area contributed by atoms with Crippen LogP contribution in [0.15, 0.2) is 0 Å². The molecule has 0 aromatic rings. The van der Waals surface area contributed by atoms with Gasteiger partial charge in [-0.15, -0.1) is 0 Å². The maximum atomic E-state index is 12.1. The molecule has 2 aliphatic rings. The minimum absolute atomic E-state index is 0.0434. The summed E-state index contributed by atoms with van der Waals surface area (Å²) in [6.45, 7) is 9.94. The average Bonchev–Trinajstić information content (AvgIpc) is 2.54. The number of rotatable bonds is 2. The second-order valence-corrected chi connectivity index (χ2v) is 5.95. The molecule has 3 nitrogen and oxygen atoms in total. The van der Waals surface area contributed by atoms with Gasteiger partial charge in [-0.2, -0.15) is 0 Å². The lowest BCUT2D eigenvalue weighted by Gasteiger charge is -2.35. The van der Waals surface area contributed by atoms with Gasteiger partial charge in [0.05, 0.1) is 11.8 Å². The molecule has 1 aliphatic heterocycles. The van der Waals surface area contributed by atoms with Crippen molar-refractivity contribution in [1.82, 2.24) is 4.90 Å². The Labute approximate surface area is 90.8 Å². The zero-order valence-electron chi connectivity index (χ0n) is 10.1. The molecule has 2 rings (SSSR count). The highest BCUT2D eigenvalue weighted by atomic mass is 16.2. The van der Waals surface area contributed by atoms with E-state index >= 15 is 0 Å². The summed E-state index contributed by atoms with van der Waals surface area (Å²) in [6, 6.07) is 0. The molecule has 0 aromatic heterocycles. The number of imide groups is 1. The molecule has 1 saturated carbocycles. The van der Waals surface area contributed by atoms with Crippen LogP contribution in [0, 0.1) is 17.3 Å². The fourth-order valence-electron chi connectivity index (χ4n) is 2.70. The van der Waals surface area contributed by atoms with Gasteiger partial charge >= 0.3 is 0 Å². The van der Waals surface area contributed by atoms with Crippen molar-refractivity contribution in [2.75, 3.05) is 0 Å². The van der Waals surface area contributed by atoms with Gasteiger partial charge in [-0.1, -0.05) is 20.8 Å². The number of nitrogens with zero attached hydrogens (tertiary/aromatic N) is 1. The molecule has 2 atom stereocenters. The highest BCUT2D eigenvalue weighted by Crippen LogP contribution is 2.64. The molecule has 1 saturated heterocycles. The monoisotopic (exact) mass is 209 g/mol. The van der Waals surface area contributed by atoms with Crippen molar-refractivity contribution in [3.63, 3.8) is 0 Å². The lowest BCUT2D eigenvalue weighted by atomic mass is 9.96. The third-order valence-corrected chi connectivity index (χ3v) is 4.27. The molecule has 15 heavy (non-hydrogen) atoms. The van der Waals surface area contributed by atoms with Gasteiger partial charge in [-0.25, -0.2) is 0 Å². The summed E-state index contributed by atoms with van der Waals surface area (Å²) in [6.07, 6.45) is 0.810. The number of amides is 2. The highest BCUT2D eigenvalue weighted by Gasteiger charge is 2.73. The van der Waals surface area contributed by atoms with E-state index in [0.717, 1.165) is 6.42 Å². The number of piperidine rings is 1. The quantitative estimate of drug-likeness (QED) is 0.650. The molecular formula is C12H19NO2. The van der Waals surface area contributed by atoms with E-state index in [1.807, 2.05) is 34.6 Å². The molecule has 0 aromatic carbocycles. The van der Waals surface area contributed by atoms with Gasteiger partial charge in [0, 0.05) is 5.54 Å². The first-order chi connectivity index (χ1) is 6.75. The first-order valence-corrected chi connectivity index (χ1v) is 5.63. The second-order valence-electron chi connectivity index (χ2n) is 5.95. The lowest BCUT2D eigenvalue weighted by Crippen LogP contribution is -2.50. The fraction of sp³-hybridized carbons (Fsp3) is 0.833. The summed E-state index contributed by atoms with van der Waals surface area (Å²) in [7, 11) is 0. The van der Waals surface area contributed by atoms with Crippen LogP contribution in [0.4, 0.5) is 0 Å². The summed E-state index contributed by atoms with van der Waals surface area (Å²) in [5, 5.41) is 0. The number of hydrogen-bond acceptors (Lipinski definition) is 2. The molecule has 1 heterocycles. The van der Waals surface area contributed by atoms with Gasteiger partial charge in [0.2, 0.25) is 11.8 Å². The van der Waals surface area contributed by atoms with Crippen molar-refractivity contribution < 1.29 is 9.59 Å². The van der Waals surface area contributed by atoms with Crippen molar-refractivity contribution in [3.8, 4) is 0 Å². The van der Waals surface area contributed by atoms with Crippen LogP contribution < -0.4 is 0 Å². The van der Waals surface area contributed by atoms with E-state index in [1.54, 1.807) is 0 Å². The van der Waals surface area contributed by atoms with E-state index < -0.39 is 0 Å². The summed E-state index contributed by atoms with van der Waals surface area (Å²) >= 11 is 0. The van der Waals surface area contributed by atoms with E-state index in [-0.39, 0.29) is 34.6 Å². The summed E-state index contributed by atoms with van der Waals surface area (Å²) in [5.74, 6) is -0.00431. The maximum Gasteiger partial charge on any atom is 0.234 e. The standard InChI is InChI=1S/C12H19NO2/c1-6-11(2,3)13-9(14)7-8(10(13)15)12(7,4)5/h7-8H,6H2,1-5H3. The normalized spacial score (nSPS) is 33.3. The Bertz CT molecular complexity index is 320. The third-order valence-electron chi connectivity index (χ3n) is 4.27. The van der Waals surface area contributed by atoms with E-state index in [4.69, 9.17) is 0 Å². The van der Waals surface area contributed by atoms with Gasteiger partial charge < -0.3 is 0 Å². The van der Waals surface area contributed by atoms with Crippen molar-refractivity contribution in [1.29, 1.82) is 0 Å². The number of hydrogen-bond donors (Lipinski definition) is 0. The Morgan fingerprint density at radius 2 is 1.60 bits per heavy atom. The van der Waals surface area contributed by atoms with Crippen LogP contribution in [0.5, 0.6) is 0 Å². The van der Waals surface area contributed by atoms with Crippen molar-refractivity contribution >= 4 is 11.8 Å². The predicted octanol–water partition coefficient (Wildman–Crippen LogP) is 1.82. The Balaban J connectivity index is 2.29. The topological polar surface area (TPSA) is 37.4 Å². The smallest absolute Gasteiger partial charge is 0.234 e. The van der Waals surface area contributed by atoms with E-state index in [2.05, 4.69) is 0 Å². The molecule has 0 bridgehead atoms. The highest BCUT2D eigenvalue weighted by molar-refractivity contribution is 6.10. The molecule has 2 amide bonds. The van der Waals surface area contributed by atoms with Gasteiger partial charge in [0.1, 0.15) is 0 Å². The zero-order chi connectivity index (χ0) is 11.6. The van der Waals surface area contributed by atoms with E-state index in [0.29, 0.717) is 0 Å². The minimum Gasteiger partial charge on any atom is -0.276 e. The Morgan fingerprint density at radius 1 is 1.20 bits per heavy atom. The van der Waals surface area contributed by atoms with Crippen LogP contribution in [0.2, 0.25) is 0 Å². The van der Waals surface area contributed by atoms with Crippen LogP contribution in [-0.2, 0) is 9.59 Å². The number of fused-ring (bicyclic) bond motifs is 1. The largest absolute Gasteiger partial charge is 0.276 e. The van der Waals surface area contributed by atoms with Gasteiger partial charge in [-0.05, 0) is 25.7 Å². The van der Waals surface area contributed by atoms with Crippen molar-refractivity contribution in [3.05, 3.63) is 0 Å². The lowest BCUT2D eigenvalue weighted by molar-refractivity contribution is -0.149. The molecule has 0 spiro atoms. The average molecular weight is 209 g/mol. The van der Waals surface area contributed by atoms with Crippen LogP contribution >= 0.6 is 0 Å². The third kappa shape index (κ3) is 1.12. The second kappa shape index (κ2) is 2.63. The summed E-state index contributed by atoms with van der Waals surface area (Å²) < 4.78 is 0. The number of carbonyl (C=O) groups is 2. The Morgan fingerprint density at radius 3 is 1.93 bits per heavy atom. The van der Waals surface area contributed by atoms with Crippen molar-refractivity contribution in [2.24, 2.45) is 17.3 Å². The molecule has 3 heteroatoms. The summed E-state index contributed by atoms with van der Waals surface area (Å²) in [4.78, 5) is 25.7. The SMILES string of the molecule is CCC(C)(C)N1C(=O)C2C(C1=O)C2(C)C. The first-order valence-electron chi connectivity index (χ1n) is 5.63. The minimum atomic E-state index is -0.322. The molecule has 1 aliphatic carbocycles. The van der Waals surface area contributed by atoms with Crippen LogP contribution in [0.1, 0.15) is 41.0 Å².